The molecular weight excluding hydrogens is 234 g/mol. The van der Waals surface area contributed by atoms with Crippen molar-refractivity contribution in [3.63, 3.8) is 0 Å². The molecule has 0 radical (unpaired) electrons. The van der Waals surface area contributed by atoms with E-state index in [9.17, 15) is 0 Å². The number of piperazine rings is 1. The van der Waals surface area contributed by atoms with Crippen molar-refractivity contribution in [3.05, 3.63) is 29.8 Å². The van der Waals surface area contributed by atoms with Gasteiger partial charge in [-0.1, -0.05) is 25.1 Å². The molecular formula is C16H25N3. The molecule has 1 saturated heterocycles. The van der Waals surface area contributed by atoms with E-state index in [0.29, 0.717) is 0 Å². The second kappa shape index (κ2) is 5.14. The molecule has 19 heavy (non-hydrogen) atoms. The van der Waals surface area contributed by atoms with Crippen LogP contribution in [0.25, 0.3) is 0 Å². The van der Waals surface area contributed by atoms with Crippen LogP contribution in [0.1, 0.15) is 25.3 Å². The fourth-order valence-corrected chi connectivity index (χ4v) is 3.03. The second-order valence-corrected chi connectivity index (χ2v) is 6.11. The quantitative estimate of drug-likeness (QED) is 0.896. The summed E-state index contributed by atoms with van der Waals surface area (Å²) >= 11 is 0. The molecule has 1 heterocycles. The van der Waals surface area contributed by atoms with E-state index >= 15 is 0 Å². The maximum atomic E-state index is 6.21. The Bertz CT molecular complexity index is 431. The predicted molar refractivity (Wildman–Crippen MR) is 80.6 cm³/mol. The monoisotopic (exact) mass is 259 g/mol. The molecule has 1 aliphatic heterocycles. The van der Waals surface area contributed by atoms with E-state index in [2.05, 4.69) is 41.0 Å². The fraction of sp³-hybridized carbons (Fsp3) is 0.625. The molecule has 1 aromatic carbocycles. The van der Waals surface area contributed by atoms with Gasteiger partial charge in [-0.2, -0.15) is 0 Å². The summed E-state index contributed by atoms with van der Waals surface area (Å²) in [5.41, 5.74) is 9.27. The molecule has 1 aliphatic carbocycles. The van der Waals surface area contributed by atoms with Gasteiger partial charge in [0.15, 0.2) is 0 Å². The van der Waals surface area contributed by atoms with Crippen LogP contribution in [-0.2, 0) is 6.42 Å². The minimum absolute atomic E-state index is 0.156. The van der Waals surface area contributed by atoms with Gasteiger partial charge in [-0.05, 0) is 30.9 Å². The van der Waals surface area contributed by atoms with Crippen LogP contribution in [-0.4, -0.2) is 43.2 Å². The standard InChI is InChI=1S/C16H25N3/c1-2-14-5-3-4-6-15(14)19-11-9-18(10-12-19)13-16(17)7-8-16/h3-6H,2,7-13,17H2,1H3. The first-order valence-corrected chi connectivity index (χ1v) is 7.54. The zero-order valence-corrected chi connectivity index (χ0v) is 11.9. The molecule has 0 bridgehead atoms. The normalized spacial score (nSPS) is 22.5. The Balaban J connectivity index is 1.60. The lowest BCUT2D eigenvalue weighted by atomic mass is 10.1. The molecule has 2 fully saturated rings. The Morgan fingerprint density at radius 1 is 1.11 bits per heavy atom. The molecule has 0 unspecified atom stereocenters. The van der Waals surface area contributed by atoms with Gasteiger partial charge < -0.3 is 10.6 Å². The third-order valence-electron chi connectivity index (χ3n) is 4.52. The maximum absolute atomic E-state index is 6.21. The molecule has 2 aliphatic rings. The molecule has 3 nitrogen and oxygen atoms in total. The highest BCUT2D eigenvalue weighted by Crippen LogP contribution is 2.33. The number of rotatable bonds is 4. The third-order valence-corrected chi connectivity index (χ3v) is 4.52. The Hall–Kier alpha value is -1.06. The maximum Gasteiger partial charge on any atom is 0.0399 e. The van der Waals surface area contributed by atoms with Crippen molar-refractivity contribution in [2.75, 3.05) is 37.6 Å². The molecule has 0 spiro atoms. The highest BCUT2D eigenvalue weighted by atomic mass is 15.3. The third kappa shape index (κ3) is 2.93. The average molecular weight is 259 g/mol. The topological polar surface area (TPSA) is 32.5 Å². The van der Waals surface area contributed by atoms with E-state index in [1.54, 1.807) is 0 Å². The van der Waals surface area contributed by atoms with Crippen molar-refractivity contribution >= 4 is 5.69 Å². The van der Waals surface area contributed by atoms with Crippen LogP contribution in [0.5, 0.6) is 0 Å². The minimum Gasteiger partial charge on any atom is -0.369 e. The second-order valence-electron chi connectivity index (χ2n) is 6.11. The van der Waals surface area contributed by atoms with Crippen LogP contribution in [0.3, 0.4) is 0 Å². The van der Waals surface area contributed by atoms with Crippen LogP contribution in [0.15, 0.2) is 24.3 Å². The fourth-order valence-electron chi connectivity index (χ4n) is 3.03. The number of hydrogen-bond donors (Lipinski definition) is 1. The van der Waals surface area contributed by atoms with Crippen LogP contribution in [0.2, 0.25) is 0 Å². The summed E-state index contributed by atoms with van der Waals surface area (Å²) in [7, 11) is 0. The molecule has 3 heteroatoms. The Kier molecular flexibility index (Phi) is 3.50. The van der Waals surface area contributed by atoms with Crippen molar-refractivity contribution in [2.45, 2.75) is 31.7 Å². The lowest BCUT2D eigenvalue weighted by Crippen LogP contribution is -2.50. The number of aryl methyl sites for hydroxylation is 1. The van der Waals surface area contributed by atoms with Gasteiger partial charge in [0, 0.05) is 44.0 Å². The summed E-state index contributed by atoms with van der Waals surface area (Å²) in [4.78, 5) is 5.07. The van der Waals surface area contributed by atoms with Gasteiger partial charge in [0.05, 0.1) is 0 Å². The summed E-state index contributed by atoms with van der Waals surface area (Å²) in [6, 6.07) is 8.81. The highest BCUT2D eigenvalue weighted by molar-refractivity contribution is 5.54. The van der Waals surface area contributed by atoms with Gasteiger partial charge in [0.2, 0.25) is 0 Å². The highest BCUT2D eigenvalue weighted by Gasteiger charge is 2.40. The van der Waals surface area contributed by atoms with Gasteiger partial charge >= 0.3 is 0 Å². The zero-order chi connectivity index (χ0) is 13.3. The molecule has 2 N–H and O–H groups in total. The molecule has 0 atom stereocenters. The van der Waals surface area contributed by atoms with Crippen LogP contribution >= 0.6 is 0 Å². The van der Waals surface area contributed by atoms with E-state index in [-0.39, 0.29) is 5.54 Å². The first-order valence-electron chi connectivity index (χ1n) is 7.54. The summed E-state index contributed by atoms with van der Waals surface area (Å²) < 4.78 is 0. The molecule has 104 valence electrons. The van der Waals surface area contributed by atoms with E-state index in [1.807, 2.05) is 0 Å². The van der Waals surface area contributed by atoms with Crippen molar-refractivity contribution in [2.24, 2.45) is 5.73 Å². The number of nitrogens with zero attached hydrogens (tertiary/aromatic N) is 2. The molecule has 1 saturated carbocycles. The van der Waals surface area contributed by atoms with Crippen molar-refractivity contribution in [1.29, 1.82) is 0 Å². The number of para-hydroxylation sites is 1. The first kappa shape index (κ1) is 12.9. The summed E-state index contributed by atoms with van der Waals surface area (Å²) in [6.07, 6.45) is 3.54. The molecule has 0 aromatic heterocycles. The summed E-state index contributed by atoms with van der Waals surface area (Å²) in [6.45, 7) is 7.89. The van der Waals surface area contributed by atoms with Crippen LogP contribution in [0, 0.1) is 0 Å². The first-order chi connectivity index (χ1) is 9.20. The summed E-state index contributed by atoms with van der Waals surface area (Å²) in [5.74, 6) is 0. The number of benzene rings is 1. The minimum atomic E-state index is 0.156. The van der Waals surface area contributed by atoms with Gasteiger partial charge in [0.25, 0.3) is 0 Å². The number of anilines is 1. The SMILES string of the molecule is CCc1ccccc1N1CCN(CC2(N)CC2)CC1. The largest absolute Gasteiger partial charge is 0.369 e. The van der Waals surface area contributed by atoms with Gasteiger partial charge in [-0.15, -0.1) is 0 Å². The molecule has 1 aromatic rings. The van der Waals surface area contributed by atoms with Crippen molar-refractivity contribution in [1.82, 2.24) is 4.90 Å². The lowest BCUT2D eigenvalue weighted by Gasteiger charge is -2.38. The Morgan fingerprint density at radius 2 is 1.79 bits per heavy atom. The van der Waals surface area contributed by atoms with Gasteiger partial charge in [-0.25, -0.2) is 0 Å². The number of hydrogen-bond acceptors (Lipinski definition) is 3. The smallest absolute Gasteiger partial charge is 0.0399 e. The molecule has 3 rings (SSSR count). The summed E-state index contributed by atoms with van der Waals surface area (Å²) in [5, 5.41) is 0. The van der Waals surface area contributed by atoms with Crippen LogP contribution in [0.4, 0.5) is 5.69 Å². The van der Waals surface area contributed by atoms with Gasteiger partial charge in [-0.3, -0.25) is 4.90 Å². The van der Waals surface area contributed by atoms with Crippen molar-refractivity contribution < 1.29 is 0 Å². The Labute approximate surface area is 116 Å². The number of nitrogens with two attached hydrogens (primary N) is 1. The zero-order valence-electron chi connectivity index (χ0n) is 11.9. The van der Waals surface area contributed by atoms with Gasteiger partial charge in [0.1, 0.15) is 0 Å². The van der Waals surface area contributed by atoms with E-state index in [4.69, 9.17) is 5.73 Å². The predicted octanol–water partition coefficient (Wildman–Crippen LogP) is 1.86. The van der Waals surface area contributed by atoms with E-state index < -0.39 is 0 Å². The van der Waals surface area contributed by atoms with Crippen molar-refractivity contribution in [3.8, 4) is 0 Å². The van der Waals surface area contributed by atoms with Crippen LogP contribution < -0.4 is 10.6 Å². The van der Waals surface area contributed by atoms with E-state index in [0.717, 1.165) is 39.1 Å². The van der Waals surface area contributed by atoms with E-state index in [1.165, 1.54) is 24.1 Å². The average Bonchev–Trinajstić information content (AvgIpc) is 3.17. The molecule has 0 amide bonds. The Morgan fingerprint density at radius 3 is 2.42 bits per heavy atom. The lowest BCUT2D eigenvalue weighted by molar-refractivity contribution is 0.236.